The van der Waals surface area contributed by atoms with Gasteiger partial charge in [-0.2, -0.15) is 0 Å². The van der Waals surface area contributed by atoms with Crippen molar-refractivity contribution in [3.05, 3.63) is 51.9 Å². The molecule has 0 bridgehead atoms. The Bertz CT molecular complexity index is 1010. The van der Waals surface area contributed by atoms with Crippen molar-refractivity contribution in [3.8, 4) is 17.2 Å². The SMILES string of the molecule is CC(=O)Oc1c(OC(C)C)c(=O)oc2c(OC/C=C(\C)CCC=C(C)C)cccc12. The van der Waals surface area contributed by atoms with Gasteiger partial charge in [0.1, 0.15) is 6.61 Å². The number of rotatable bonds is 9. The maximum Gasteiger partial charge on any atom is 0.383 e. The van der Waals surface area contributed by atoms with Gasteiger partial charge in [-0.1, -0.05) is 23.3 Å². The summed E-state index contributed by atoms with van der Waals surface area (Å²) in [4.78, 5) is 24.1. The number of carbonyl (C=O) groups is 1. The van der Waals surface area contributed by atoms with Crippen LogP contribution in [0.4, 0.5) is 0 Å². The maximum atomic E-state index is 12.5. The second-order valence-electron chi connectivity index (χ2n) is 7.62. The Morgan fingerprint density at radius 1 is 1.10 bits per heavy atom. The van der Waals surface area contributed by atoms with E-state index in [1.54, 1.807) is 32.0 Å². The molecule has 1 aromatic heterocycles. The first-order valence-electron chi connectivity index (χ1n) is 10.1. The van der Waals surface area contributed by atoms with Gasteiger partial charge in [-0.05, 0) is 65.7 Å². The fourth-order valence-electron chi connectivity index (χ4n) is 2.81. The molecule has 2 aromatic rings. The molecule has 0 unspecified atom stereocenters. The van der Waals surface area contributed by atoms with Crippen molar-refractivity contribution < 1.29 is 23.4 Å². The third kappa shape index (κ3) is 6.51. The molecule has 1 heterocycles. The number of para-hydroxylation sites is 1. The van der Waals surface area contributed by atoms with Crippen LogP contribution in [0.2, 0.25) is 0 Å². The van der Waals surface area contributed by atoms with Crippen LogP contribution >= 0.6 is 0 Å². The standard InChI is InChI=1S/C24H30O6/c1-15(2)9-7-10-17(5)13-14-27-20-12-8-11-19-21(20)30-24(26)23(28-16(3)4)22(19)29-18(6)25/h8-9,11-13,16H,7,10,14H2,1-6H3/b17-13+. The molecular weight excluding hydrogens is 384 g/mol. The smallest absolute Gasteiger partial charge is 0.383 e. The minimum absolute atomic E-state index is 0.0429. The molecule has 0 spiro atoms. The number of fused-ring (bicyclic) bond motifs is 1. The van der Waals surface area contributed by atoms with E-state index in [1.807, 2.05) is 6.08 Å². The molecule has 0 aliphatic heterocycles. The van der Waals surface area contributed by atoms with Gasteiger partial charge in [-0.3, -0.25) is 4.79 Å². The van der Waals surface area contributed by atoms with Crippen LogP contribution in [-0.4, -0.2) is 18.7 Å². The lowest BCUT2D eigenvalue weighted by Gasteiger charge is -2.15. The van der Waals surface area contributed by atoms with Crippen molar-refractivity contribution in [2.45, 2.75) is 60.5 Å². The van der Waals surface area contributed by atoms with Gasteiger partial charge in [0.2, 0.25) is 5.75 Å². The average Bonchev–Trinajstić information content (AvgIpc) is 2.64. The Morgan fingerprint density at radius 2 is 1.83 bits per heavy atom. The molecule has 0 radical (unpaired) electrons. The predicted molar refractivity (Wildman–Crippen MR) is 117 cm³/mol. The Balaban J connectivity index is 2.34. The van der Waals surface area contributed by atoms with E-state index < -0.39 is 11.6 Å². The fraction of sp³-hybridized carbons (Fsp3) is 0.417. The van der Waals surface area contributed by atoms with Crippen molar-refractivity contribution >= 4 is 16.9 Å². The van der Waals surface area contributed by atoms with E-state index in [1.165, 1.54) is 18.1 Å². The Hall–Kier alpha value is -3.02. The minimum Gasteiger partial charge on any atom is -0.486 e. The van der Waals surface area contributed by atoms with E-state index in [2.05, 4.69) is 26.8 Å². The predicted octanol–water partition coefficient (Wildman–Crippen LogP) is 5.58. The summed E-state index contributed by atoms with van der Waals surface area (Å²) in [5.41, 5.74) is 2.00. The molecule has 0 fully saturated rings. The van der Waals surface area contributed by atoms with E-state index in [0.29, 0.717) is 17.7 Å². The number of benzene rings is 1. The third-order valence-electron chi connectivity index (χ3n) is 4.17. The molecule has 30 heavy (non-hydrogen) atoms. The van der Waals surface area contributed by atoms with Gasteiger partial charge in [0.05, 0.1) is 11.5 Å². The number of ether oxygens (including phenoxy) is 3. The molecule has 6 heteroatoms. The molecule has 6 nitrogen and oxygen atoms in total. The monoisotopic (exact) mass is 414 g/mol. The van der Waals surface area contributed by atoms with E-state index >= 15 is 0 Å². The zero-order chi connectivity index (χ0) is 22.3. The van der Waals surface area contributed by atoms with Crippen molar-refractivity contribution in [3.63, 3.8) is 0 Å². The van der Waals surface area contributed by atoms with Gasteiger partial charge in [0, 0.05) is 6.92 Å². The highest BCUT2D eigenvalue weighted by atomic mass is 16.6. The summed E-state index contributed by atoms with van der Waals surface area (Å²) in [6.07, 6.45) is 5.84. The zero-order valence-electron chi connectivity index (χ0n) is 18.5. The van der Waals surface area contributed by atoms with Crippen molar-refractivity contribution in [1.29, 1.82) is 0 Å². The van der Waals surface area contributed by atoms with Crippen LogP contribution in [0.15, 0.2) is 50.7 Å². The van der Waals surface area contributed by atoms with Gasteiger partial charge >= 0.3 is 11.6 Å². The van der Waals surface area contributed by atoms with E-state index in [-0.39, 0.29) is 23.2 Å². The van der Waals surface area contributed by atoms with Crippen LogP contribution in [0.25, 0.3) is 11.0 Å². The topological polar surface area (TPSA) is 75.0 Å². The maximum absolute atomic E-state index is 12.5. The molecule has 0 amide bonds. The number of allylic oxidation sites excluding steroid dienone is 3. The average molecular weight is 414 g/mol. The van der Waals surface area contributed by atoms with Gasteiger partial charge in [0.15, 0.2) is 17.1 Å². The highest BCUT2D eigenvalue weighted by molar-refractivity contribution is 5.91. The molecule has 2 rings (SSSR count). The molecule has 0 saturated carbocycles. The molecule has 0 aliphatic rings. The highest BCUT2D eigenvalue weighted by Gasteiger charge is 2.22. The molecule has 0 atom stereocenters. The summed E-state index contributed by atoms with van der Waals surface area (Å²) in [5, 5.41) is 0.433. The molecule has 162 valence electrons. The molecule has 1 aromatic carbocycles. The first-order valence-corrected chi connectivity index (χ1v) is 10.1. The highest BCUT2D eigenvalue weighted by Crippen LogP contribution is 2.37. The number of carbonyl (C=O) groups excluding carboxylic acids is 1. The minimum atomic E-state index is -0.725. The van der Waals surface area contributed by atoms with E-state index in [4.69, 9.17) is 18.6 Å². The van der Waals surface area contributed by atoms with Crippen molar-refractivity contribution in [2.24, 2.45) is 0 Å². The van der Waals surface area contributed by atoms with Crippen molar-refractivity contribution in [2.75, 3.05) is 6.61 Å². The van der Waals surface area contributed by atoms with Crippen molar-refractivity contribution in [1.82, 2.24) is 0 Å². The van der Waals surface area contributed by atoms with Gasteiger partial charge in [-0.25, -0.2) is 4.79 Å². The van der Waals surface area contributed by atoms with Crippen LogP contribution in [0.1, 0.15) is 54.4 Å². The Morgan fingerprint density at radius 3 is 2.47 bits per heavy atom. The molecule has 0 aliphatic carbocycles. The second kappa shape index (κ2) is 10.7. The lowest BCUT2D eigenvalue weighted by atomic mass is 10.1. The van der Waals surface area contributed by atoms with Crippen LogP contribution in [-0.2, 0) is 4.79 Å². The molecular formula is C24H30O6. The number of hydrogen-bond acceptors (Lipinski definition) is 6. The first-order chi connectivity index (χ1) is 14.2. The van der Waals surface area contributed by atoms with Crippen LogP contribution < -0.4 is 19.8 Å². The second-order valence-corrected chi connectivity index (χ2v) is 7.62. The Labute approximate surface area is 177 Å². The van der Waals surface area contributed by atoms with E-state index in [9.17, 15) is 9.59 Å². The summed E-state index contributed by atoms with van der Waals surface area (Å²) >= 11 is 0. The summed E-state index contributed by atoms with van der Waals surface area (Å²) < 4.78 is 22.2. The number of hydrogen-bond donors (Lipinski definition) is 0. The quantitative estimate of drug-likeness (QED) is 0.303. The largest absolute Gasteiger partial charge is 0.486 e. The zero-order valence-corrected chi connectivity index (χ0v) is 18.5. The van der Waals surface area contributed by atoms with Gasteiger partial charge in [-0.15, -0.1) is 0 Å². The normalized spacial score (nSPS) is 11.5. The Kier molecular flexibility index (Phi) is 8.27. The fourth-order valence-corrected chi connectivity index (χ4v) is 2.81. The van der Waals surface area contributed by atoms with Gasteiger partial charge in [0.25, 0.3) is 0 Å². The summed E-state index contributed by atoms with van der Waals surface area (Å²) in [6, 6.07) is 5.14. The summed E-state index contributed by atoms with van der Waals surface area (Å²) in [6.45, 7) is 11.4. The number of esters is 1. The van der Waals surface area contributed by atoms with Crippen LogP contribution in [0.5, 0.6) is 17.2 Å². The molecule has 0 saturated heterocycles. The molecule has 0 N–H and O–H groups in total. The van der Waals surface area contributed by atoms with Gasteiger partial charge < -0.3 is 18.6 Å². The van der Waals surface area contributed by atoms with E-state index in [0.717, 1.165) is 12.8 Å². The van der Waals surface area contributed by atoms with Crippen LogP contribution in [0, 0.1) is 0 Å². The summed E-state index contributed by atoms with van der Waals surface area (Å²) in [5.74, 6) is -0.250. The third-order valence-corrected chi connectivity index (χ3v) is 4.17. The lowest BCUT2D eigenvalue weighted by molar-refractivity contribution is -0.131. The van der Waals surface area contributed by atoms with Crippen LogP contribution in [0.3, 0.4) is 0 Å². The summed E-state index contributed by atoms with van der Waals surface area (Å²) in [7, 11) is 0. The lowest BCUT2D eigenvalue weighted by Crippen LogP contribution is -2.16. The first kappa shape index (κ1) is 23.3.